The molecule has 0 aliphatic heterocycles. The van der Waals surface area contributed by atoms with Gasteiger partial charge in [-0.25, -0.2) is 4.79 Å². The highest BCUT2D eigenvalue weighted by molar-refractivity contribution is 9.09. The van der Waals surface area contributed by atoms with E-state index in [1.807, 2.05) is 0 Å². The fraction of sp³-hybridized carbons (Fsp3) is 0.375. The molecule has 72 valence electrons. The Morgan fingerprint density at radius 2 is 2.46 bits per heavy atom. The second-order valence-electron chi connectivity index (χ2n) is 2.14. The Labute approximate surface area is 88.8 Å². The first-order valence-electron chi connectivity index (χ1n) is 3.64. The van der Waals surface area contributed by atoms with E-state index in [0.29, 0.717) is 17.2 Å². The van der Waals surface area contributed by atoms with Crippen LogP contribution in [0.15, 0.2) is 11.4 Å². The van der Waals surface area contributed by atoms with Gasteiger partial charge in [0.05, 0.1) is 13.7 Å². The van der Waals surface area contributed by atoms with Crippen LogP contribution >= 0.6 is 27.3 Å². The van der Waals surface area contributed by atoms with Crippen LogP contribution in [-0.2, 0) is 4.74 Å². The molecule has 0 saturated carbocycles. The van der Waals surface area contributed by atoms with Crippen molar-refractivity contribution in [1.82, 2.24) is 0 Å². The molecule has 1 heterocycles. The Morgan fingerprint density at radius 1 is 1.69 bits per heavy atom. The predicted molar refractivity (Wildman–Crippen MR) is 54.9 cm³/mol. The third-order valence-electron chi connectivity index (χ3n) is 1.33. The maximum atomic E-state index is 11.2. The van der Waals surface area contributed by atoms with Gasteiger partial charge >= 0.3 is 5.97 Å². The molecule has 0 aromatic carbocycles. The van der Waals surface area contributed by atoms with E-state index in [1.54, 1.807) is 11.4 Å². The molecule has 1 aromatic rings. The molecule has 13 heavy (non-hydrogen) atoms. The number of thiophene rings is 1. The topological polar surface area (TPSA) is 35.5 Å². The van der Waals surface area contributed by atoms with Crippen LogP contribution < -0.4 is 4.74 Å². The number of carbonyl (C=O) groups is 1. The van der Waals surface area contributed by atoms with E-state index in [-0.39, 0.29) is 5.97 Å². The number of halogens is 1. The molecule has 0 bridgehead atoms. The maximum absolute atomic E-state index is 11.2. The van der Waals surface area contributed by atoms with Gasteiger partial charge < -0.3 is 9.47 Å². The quantitative estimate of drug-likeness (QED) is 0.619. The molecule has 5 heteroatoms. The molecule has 0 spiro atoms. The highest BCUT2D eigenvalue weighted by atomic mass is 79.9. The van der Waals surface area contributed by atoms with Crippen molar-refractivity contribution in [3.8, 4) is 5.75 Å². The van der Waals surface area contributed by atoms with Crippen molar-refractivity contribution in [3.05, 3.63) is 16.3 Å². The summed E-state index contributed by atoms with van der Waals surface area (Å²) in [5.74, 6) is 0.246. The number of esters is 1. The van der Waals surface area contributed by atoms with E-state index in [1.165, 1.54) is 18.4 Å². The molecule has 0 amide bonds. The molecular formula is C8H9BrO3S. The van der Waals surface area contributed by atoms with Gasteiger partial charge in [0.1, 0.15) is 5.75 Å². The number of rotatable bonds is 4. The number of methoxy groups -OCH3 is 1. The minimum absolute atomic E-state index is 0.348. The van der Waals surface area contributed by atoms with Crippen molar-refractivity contribution in [2.75, 3.05) is 19.0 Å². The molecule has 0 unspecified atom stereocenters. The van der Waals surface area contributed by atoms with Crippen LogP contribution in [-0.4, -0.2) is 25.0 Å². The van der Waals surface area contributed by atoms with E-state index < -0.39 is 0 Å². The number of hydrogen-bond acceptors (Lipinski definition) is 4. The zero-order chi connectivity index (χ0) is 9.68. The minimum atomic E-state index is -0.348. The third-order valence-corrected chi connectivity index (χ3v) is 2.53. The number of alkyl halides is 1. The Balaban J connectivity index is 2.71. The first-order valence-corrected chi connectivity index (χ1v) is 5.64. The van der Waals surface area contributed by atoms with Crippen molar-refractivity contribution < 1.29 is 14.3 Å². The zero-order valence-corrected chi connectivity index (χ0v) is 9.48. The lowest BCUT2D eigenvalue weighted by Gasteiger charge is -2.03. The fourth-order valence-electron chi connectivity index (χ4n) is 0.801. The van der Waals surface area contributed by atoms with E-state index in [0.717, 1.165) is 5.33 Å². The highest BCUT2D eigenvalue weighted by Crippen LogP contribution is 2.25. The van der Waals surface area contributed by atoms with Crippen LogP contribution in [0, 0.1) is 0 Å². The third kappa shape index (κ3) is 2.70. The lowest BCUT2D eigenvalue weighted by atomic mass is 10.4. The Hall–Kier alpha value is -0.550. The van der Waals surface area contributed by atoms with Crippen molar-refractivity contribution in [2.45, 2.75) is 0 Å². The summed E-state index contributed by atoms with van der Waals surface area (Å²) in [5, 5.41) is 2.54. The molecule has 0 radical (unpaired) electrons. The first-order chi connectivity index (χ1) is 6.29. The van der Waals surface area contributed by atoms with Crippen LogP contribution in [0.25, 0.3) is 0 Å². The van der Waals surface area contributed by atoms with Gasteiger partial charge in [-0.2, -0.15) is 0 Å². The number of carbonyl (C=O) groups excluding carboxylic acids is 1. The van der Waals surface area contributed by atoms with Gasteiger partial charge in [-0.15, -0.1) is 11.3 Å². The summed E-state index contributed by atoms with van der Waals surface area (Å²) in [6.45, 7) is 0.542. The van der Waals surface area contributed by atoms with Gasteiger partial charge in [0.2, 0.25) is 0 Å². The van der Waals surface area contributed by atoms with Gasteiger partial charge in [-0.1, -0.05) is 15.9 Å². The highest BCUT2D eigenvalue weighted by Gasteiger charge is 2.14. The summed E-state index contributed by atoms with van der Waals surface area (Å²) >= 11 is 4.55. The summed E-state index contributed by atoms with van der Waals surface area (Å²) in [5.41, 5.74) is 0. The molecule has 3 nitrogen and oxygen atoms in total. The first kappa shape index (κ1) is 10.5. The molecule has 0 fully saturated rings. The molecular weight excluding hydrogens is 256 g/mol. The summed E-state index contributed by atoms with van der Waals surface area (Å²) < 4.78 is 9.91. The summed E-state index contributed by atoms with van der Waals surface area (Å²) in [4.78, 5) is 11.7. The van der Waals surface area contributed by atoms with Crippen molar-refractivity contribution >= 4 is 33.2 Å². The molecule has 0 aliphatic rings. The average Bonchev–Trinajstić information content (AvgIpc) is 2.61. The van der Waals surface area contributed by atoms with Gasteiger partial charge in [0.15, 0.2) is 4.88 Å². The van der Waals surface area contributed by atoms with Crippen LogP contribution in [0.2, 0.25) is 0 Å². The summed E-state index contributed by atoms with van der Waals surface area (Å²) in [6, 6.07) is 1.76. The van der Waals surface area contributed by atoms with Crippen LogP contribution in [0.4, 0.5) is 0 Å². The maximum Gasteiger partial charge on any atom is 0.351 e. The molecule has 1 aromatic heterocycles. The zero-order valence-electron chi connectivity index (χ0n) is 7.08. The average molecular weight is 265 g/mol. The van der Waals surface area contributed by atoms with Gasteiger partial charge in [-0.05, 0) is 11.4 Å². The largest absolute Gasteiger partial charge is 0.491 e. The monoisotopic (exact) mass is 264 g/mol. The van der Waals surface area contributed by atoms with Crippen molar-refractivity contribution in [3.63, 3.8) is 0 Å². The predicted octanol–water partition coefficient (Wildman–Crippen LogP) is 2.31. The smallest absolute Gasteiger partial charge is 0.351 e. The van der Waals surface area contributed by atoms with Crippen molar-refractivity contribution in [1.29, 1.82) is 0 Å². The molecule has 0 aliphatic carbocycles. The normalized spacial score (nSPS) is 9.69. The van der Waals surface area contributed by atoms with E-state index in [9.17, 15) is 4.79 Å². The molecule has 0 N–H and O–H groups in total. The molecule has 1 rings (SSSR count). The minimum Gasteiger partial charge on any atom is -0.491 e. The standard InChI is InChI=1S/C8H9BrO3S/c1-11-8(10)7-6(2-5-13-7)12-4-3-9/h2,5H,3-4H2,1H3. The van der Waals surface area contributed by atoms with Crippen molar-refractivity contribution in [2.24, 2.45) is 0 Å². The lowest BCUT2D eigenvalue weighted by molar-refractivity contribution is 0.0602. The molecule has 0 atom stereocenters. The molecule has 0 saturated heterocycles. The van der Waals surface area contributed by atoms with Gasteiger partial charge in [0.25, 0.3) is 0 Å². The number of ether oxygens (including phenoxy) is 2. The second-order valence-corrected chi connectivity index (χ2v) is 3.85. The van der Waals surface area contributed by atoms with Gasteiger partial charge in [0, 0.05) is 5.33 Å². The summed E-state index contributed by atoms with van der Waals surface area (Å²) in [6.07, 6.45) is 0. The summed E-state index contributed by atoms with van der Waals surface area (Å²) in [7, 11) is 1.36. The van der Waals surface area contributed by atoms with E-state index in [2.05, 4.69) is 20.7 Å². The van der Waals surface area contributed by atoms with E-state index in [4.69, 9.17) is 4.74 Å². The number of hydrogen-bond donors (Lipinski definition) is 0. The van der Waals surface area contributed by atoms with Crippen LogP contribution in [0.3, 0.4) is 0 Å². The Bertz CT molecular complexity index is 285. The SMILES string of the molecule is COC(=O)c1sccc1OCCBr. The Morgan fingerprint density at radius 3 is 3.08 bits per heavy atom. The fourth-order valence-corrected chi connectivity index (χ4v) is 1.71. The Kier molecular flexibility index (Phi) is 4.24. The van der Waals surface area contributed by atoms with Gasteiger partial charge in [-0.3, -0.25) is 0 Å². The van der Waals surface area contributed by atoms with Crippen LogP contribution in [0.5, 0.6) is 5.75 Å². The van der Waals surface area contributed by atoms with Crippen LogP contribution in [0.1, 0.15) is 9.67 Å². The van der Waals surface area contributed by atoms with E-state index >= 15 is 0 Å². The second kappa shape index (κ2) is 5.24. The lowest BCUT2D eigenvalue weighted by Crippen LogP contribution is -2.03.